The molecule has 2 amide bonds. The third-order valence-electron chi connectivity index (χ3n) is 4.19. The maximum Gasteiger partial charge on any atom is 0.407 e. The first-order chi connectivity index (χ1) is 14.2. The largest absolute Gasteiger partial charge is 0.460 e. The number of esters is 1. The Labute approximate surface area is 186 Å². The van der Waals surface area contributed by atoms with Crippen LogP contribution >= 0.6 is 0 Å². The van der Waals surface area contributed by atoms with Crippen molar-refractivity contribution in [3.05, 3.63) is 35.9 Å². The molecule has 0 aromatic heterocycles. The quantitative estimate of drug-likeness (QED) is 0.626. The van der Waals surface area contributed by atoms with Gasteiger partial charge in [-0.2, -0.15) is 0 Å². The van der Waals surface area contributed by atoms with Crippen LogP contribution in [0.2, 0.25) is 0 Å². The molecule has 0 spiro atoms. The van der Waals surface area contributed by atoms with Gasteiger partial charge in [0.1, 0.15) is 11.2 Å². The summed E-state index contributed by atoms with van der Waals surface area (Å²) in [6.07, 6.45) is -0.115. The van der Waals surface area contributed by atoms with Crippen molar-refractivity contribution in [1.82, 2.24) is 10.2 Å². The molecule has 1 aromatic carbocycles. The molecule has 1 N–H and O–H groups in total. The standard InChI is InChI=1S/C24H38N2O5/c1-17(25-22(29)31-24(5,6)7)16-26(8)21(28)19(14-18-12-10-9-11-13-18)15-20(27)30-23(2,3)4/h9-13,17,19H,14-16H2,1-8H3,(H,25,29)/t17-,19?/m0/s1. The summed E-state index contributed by atoms with van der Waals surface area (Å²) in [4.78, 5) is 39.1. The zero-order valence-corrected chi connectivity index (χ0v) is 20.2. The zero-order chi connectivity index (χ0) is 23.8. The van der Waals surface area contributed by atoms with Crippen molar-refractivity contribution in [2.45, 2.75) is 78.6 Å². The molecule has 0 radical (unpaired) electrons. The van der Waals surface area contributed by atoms with E-state index in [9.17, 15) is 14.4 Å². The highest BCUT2D eigenvalue weighted by Gasteiger charge is 2.29. The fourth-order valence-corrected chi connectivity index (χ4v) is 3.10. The Balaban J connectivity index is 2.82. The summed E-state index contributed by atoms with van der Waals surface area (Å²) < 4.78 is 10.7. The number of nitrogens with one attached hydrogen (secondary N) is 1. The third-order valence-corrected chi connectivity index (χ3v) is 4.19. The second-order valence-corrected chi connectivity index (χ2v) is 9.94. The van der Waals surface area contributed by atoms with E-state index in [1.807, 2.05) is 30.3 Å². The van der Waals surface area contributed by atoms with Gasteiger partial charge >= 0.3 is 12.1 Å². The number of carbonyl (C=O) groups is 3. The zero-order valence-electron chi connectivity index (χ0n) is 20.2. The summed E-state index contributed by atoms with van der Waals surface area (Å²) in [5.41, 5.74) is -0.243. The molecular weight excluding hydrogens is 396 g/mol. The Kier molecular flexibility index (Phi) is 9.53. The lowest BCUT2D eigenvalue weighted by Crippen LogP contribution is -2.46. The Morgan fingerprint density at radius 2 is 1.52 bits per heavy atom. The number of likely N-dealkylation sites (N-methyl/N-ethyl adjacent to an activating group) is 1. The minimum Gasteiger partial charge on any atom is -0.460 e. The van der Waals surface area contributed by atoms with Gasteiger partial charge in [0.05, 0.1) is 12.3 Å². The maximum atomic E-state index is 13.2. The molecule has 2 atom stereocenters. The van der Waals surface area contributed by atoms with Gasteiger partial charge in [-0.25, -0.2) is 4.79 Å². The van der Waals surface area contributed by atoms with Crippen LogP contribution in [0, 0.1) is 5.92 Å². The minimum atomic E-state index is -0.616. The van der Waals surface area contributed by atoms with Crippen molar-refractivity contribution < 1.29 is 23.9 Å². The van der Waals surface area contributed by atoms with Gasteiger partial charge in [-0.1, -0.05) is 30.3 Å². The monoisotopic (exact) mass is 434 g/mol. The van der Waals surface area contributed by atoms with E-state index in [2.05, 4.69) is 5.32 Å². The Bertz CT molecular complexity index is 735. The summed E-state index contributed by atoms with van der Waals surface area (Å²) in [7, 11) is 1.67. The lowest BCUT2D eigenvalue weighted by molar-refractivity contribution is -0.158. The predicted octanol–water partition coefficient (Wildman–Crippen LogP) is 3.95. The number of benzene rings is 1. The molecule has 1 unspecified atom stereocenters. The molecule has 7 heteroatoms. The first-order valence-corrected chi connectivity index (χ1v) is 10.7. The second-order valence-electron chi connectivity index (χ2n) is 9.94. The van der Waals surface area contributed by atoms with Crippen molar-refractivity contribution in [2.75, 3.05) is 13.6 Å². The van der Waals surface area contributed by atoms with E-state index in [4.69, 9.17) is 9.47 Å². The first-order valence-electron chi connectivity index (χ1n) is 10.7. The maximum absolute atomic E-state index is 13.2. The molecular formula is C24H38N2O5. The molecule has 0 aliphatic rings. The molecule has 0 fully saturated rings. The Morgan fingerprint density at radius 3 is 2.03 bits per heavy atom. The average Bonchev–Trinajstić information content (AvgIpc) is 2.57. The van der Waals surface area contributed by atoms with Crippen LogP contribution in [-0.2, 0) is 25.5 Å². The summed E-state index contributed by atoms with van der Waals surface area (Å²) >= 11 is 0. The second kappa shape index (κ2) is 11.2. The van der Waals surface area contributed by atoms with Crippen LogP contribution in [0.25, 0.3) is 0 Å². The van der Waals surface area contributed by atoms with Crippen LogP contribution < -0.4 is 5.32 Å². The van der Waals surface area contributed by atoms with Crippen molar-refractivity contribution in [2.24, 2.45) is 5.92 Å². The van der Waals surface area contributed by atoms with Crippen molar-refractivity contribution in [1.29, 1.82) is 0 Å². The van der Waals surface area contributed by atoms with E-state index < -0.39 is 29.2 Å². The van der Waals surface area contributed by atoms with Gasteiger partial charge in [-0.15, -0.1) is 0 Å². The van der Waals surface area contributed by atoms with E-state index in [0.29, 0.717) is 6.42 Å². The van der Waals surface area contributed by atoms with Crippen LogP contribution in [0.5, 0.6) is 0 Å². The van der Waals surface area contributed by atoms with Crippen molar-refractivity contribution in [3.63, 3.8) is 0 Å². The number of ether oxygens (including phenoxy) is 2. The molecule has 0 heterocycles. The summed E-state index contributed by atoms with van der Waals surface area (Å²) in [5.74, 6) is -1.14. The van der Waals surface area contributed by atoms with Gasteiger partial charge < -0.3 is 19.7 Å². The molecule has 1 aromatic rings. The van der Waals surface area contributed by atoms with Crippen LogP contribution in [0.15, 0.2) is 30.3 Å². The van der Waals surface area contributed by atoms with Crippen LogP contribution in [0.1, 0.15) is 60.5 Å². The SMILES string of the molecule is C[C@@H](CN(C)C(=O)C(CC(=O)OC(C)(C)C)Cc1ccccc1)NC(=O)OC(C)(C)C. The van der Waals surface area contributed by atoms with E-state index in [0.717, 1.165) is 5.56 Å². The summed E-state index contributed by atoms with van der Waals surface area (Å²) in [6, 6.07) is 9.26. The van der Waals surface area contributed by atoms with Crippen molar-refractivity contribution in [3.8, 4) is 0 Å². The summed E-state index contributed by atoms with van der Waals surface area (Å²) in [5, 5.41) is 2.74. The normalized spacial score (nSPS) is 13.7. The fraction of sp³-hybridized carbons (Fsp3) is 0.625. The molecule has 31 heavy (non-hydrogen) atoms. The van der Waals surface area contributed by atoms with E-state index in [1.54, 1.807) is 60.4 Å². The van der Waals surface area contributed by atoms with Gasteiger partial charge in [0.15, 0.2) is 0 Å². The fourth-order valence-electron chi connectivity index (χ4n) is 3.10. The van der Waals surface area contributed by atoms with Gasteiger partial charge in [-0.05, 0) is 60.5 Å². The first kappa shape index (κ1) is 26.5. The molecule has 0 saturated heterocycles. The smallest absolute Gasteiger partial charge is 0.407 e. The average molecular weight is 435 g/mol. The lowest BCUT2D eigenvalue weighted by Gasteiger charge is -2.28. The number of amides is 2. The lowest BCUT2D eigenvalue weighted by atomic mass is 9.94. The molecule has 0 bridgehead atoms. The van der Waals surface area contributed by atoms with Gasteiger partial charge in [0.2, 0.25) is 5.91 Å². The van der Waals surface area contributed by atoms with Crippen LogP contribution in [0.4, 0.5) is 4.79 Å². The number of hydrogen-bond donors (Lipinski definition) is 1. The molecule has 1 rings (SSSR count). The van der Waals surface area contributed by atoms with Crippen LogP contribution in [0.3, 0.4) is 0 Å². The Morgan fingerprint density at radius 1 is 0.968 bits per heavy atom. The van der Waals surface area contributed by atoms with E-state index >= 15 is 0 Å². The molecule has 0 aliphatic heterocycles. The highest BCUT2D eigenvalue weighted by Crippen LogP contribution is 2.19. The molecule has 0 aliphatic carbocycles. The Hall–Kier alpha value is -2.57. The number of alkyl carbamates (subject to hydrolysis) is 1. The highest BCUT2D eigenvalue weighted by molar-refractivity contribution is 5.84. The third kappa shape index (κ3) is 11.4. The molecule has 0 saturated carbocycles. The van der Waals surface area contributed by atoms with Gasteiger partial charge in [-0.3, -0.25) is 9.59 Å². The minimum absolute atomic E-state index is 0.0107. The predicted molar refractivity (Wildman–Crippen MR) is 121 cm³/mol. The molecule has 174 valence electrons. The molecule has 7 nitrogen and oxygen atoms in total. The topological polar surface area (TPSA) is 84.9 Å². The van der Waals surface area contributed by atoms with Gasteiger partial charge in [0.25, 0.3) is 0 Å². The number of rotatable bonds is 8. The summed E-state index contributed by atoms with van der Waals surface area (Å²) in [6.45, 7) is 12.9. The van der Waals surface area contributed by atoms with E-state index in [1.165, 1.54) is 0 Å². The number of nitrogens with zero attached hydrogens (tertiary/aromatic N) is 1. The highest BCUT2D eigenvalue weighted by atomic mass is 16.6. The van der Waals surface area contributed by atoms with Crippen molar-refractivity contribution >= 4 is 18.0 Å². The van der Waals surface area contributed by atoms with Crippen LogP contribution in [-0.4, -0.2) is 53.7 Å². The number of hydrogen-bond acceptors (Lipinski definition) is 5. The number of carbonyl (C=O) groups excluding carboxylic acids is 3. The van der Waals surface area contributed by atoms with E-state index in [-0.39, 0.29) is 24.9 Å². The van der Waals surface area contributed by atoms with Gasteiger partial charge in [0, 0.05) is 19.6 Å².